The van der Waals surface area contributed by atoms with Gasteiger partial charge in [-0.15, -0.1) is 0 Å². The third-order valence-corrected chi connectivity index (χ3v) is 10.4. The molecule has 3 aliphatic heterocycles. The fourth-order valence-electron chi connectivity index (χ4n) is 5.64. The summed E-state index contributed by atoms with van der Waals surface area (Å²) in [5.41, 5.74) is 11.2. The molecule has 25 heteroatoms. The van der Waals surface area contributed by atoms with Gasteiger partial charge in [0.2, 0.25) is 5.95 Å². The highest BCUT2D eigenvalue weighted by molar-refractivity contribution is 8.44. The predicted molar refractivity (Wildman–Crippen MR) is 156 cm³/mol. The lowest BCUT2D eigenvalue weighted by Gasteiger charge is -2.27. The molecule has 4 aromatic rings. The van der Waals surface area contributed by atoms with Crippen molar-refractivity contribution in [1.29, 1.82) is 0 Å². The van der Waals surface area contributed by atoms with Gasteiger partial charge in [0, 0.05) is 7.11 Å². The van der Waals surface area contributed by atoms with Gasteiger partial charge in [-0.3, -0.25) is 32.5 Å². The first-order valence-corrected chi connectivity index (χ1v) is 17.7. The number of alkyl halides is 1. The number of H-pyrrole nitrogens is 1. The number of aromatic amines is 1. The maximum absolute atomic E-state index is 16.1. The average molecular weight is 706 g/mol. The highest BCUT2D eigenvalue weighted by Gasteiger charge is 2.54. The Balaban J connectivity index is 1.22. The smallest absolute Gasteiger partial charge is 0.382 e. The van der Waals surface area contributed by atoms with Crippen molar-refractivity contribution in [3.05, 3.63) is 29.3 Å². The van der Waals surface area contributed by atoms with Crippen LogP contribution in [-0.4, -0.2) is 101 Å². The second-order valence-corrected chi connectivity index (χ2v) is 14.9. The van der Waals surface area contributed by atoms with Gasteiger partial charge >= 0.3 is 14.5 Å². The maximum Gasteiger partial charge on any atom is 0.403 e. The van der Waals surface area contributed by atoms with E-state index in [1.54, 1.807) is 0 Å². The Morgan fingerprint density at radius 3 is 2.50 bits per heavy atom. The minimum Gasteiger partial charge on any atom is -0.382 e. The van der Waals surface area contributed by atoms with E-state index < -0.39 is 82.4 Å². The lowest BCUT2D eigenvalue weighted by Crippen LogP contribution is -2.43. The zero-order valence-corrected chi connectivity index (χ0v) is 26.1. The fraction of sp³-hybridized carbons (Fsp3) is 0.524. The first-order chi connectivity index (χ1) is 21.9. The van der Waals surface area contributed by atoms with Crippen molar-refractivity contribution >= 4 is 60.9 Å². The Morgan fingerprint density at radius 2 is 1.74 bits per heavy atom. The van der Waals surface area contributed by atoms with Crippen molar-refractivity contribution in [3.63, 3.8) is 0 Å². The Labute approximate surface area is 261 Å². The molecule has 46 heavy (non-hydrogen) atoms. The standard InChI is InChI=1S/C21H26FN11O10P2S/c1-38-13-8-3-39-44(35,36)31-10-7(41-19(9(10)22)32-5-27-11-15(23)25-4-26-16(11)32)2-40-45(37,46)43-14(13)20(42-8)33-6-28-12-17(33)29-21(24)30-18(12)34/h4-10,13-14,19-20H,2-3H2,1H3,(H,37,46)(H2,23,25,26)(H2,31,35,36)(H3,24,29,30,34)/t7?,8?,9?,10?,13?,14?,19?,20?,45-/m1/s1. The van der Waals surface area contributed by atoms with Crippen LogP contribution >= 0.6 is 26.8 Å². The lowest BCUT2D eigenvalue weighted by atomic mass is 10.1. The second-order valence-electron chi connectivity index (χ2n) is 10.4. The number of nitrogens with zero attached hydrogens (tertiary/aromatic N) is 7. The summed E-state index contributed by atoms with van der Waals surface area (Å²) in [5, 5.41) is 2.28. The molecule has 0 radical (unpaired) electrons. The van der Waals surface area contributed by atoms with E-state index in [-0.39, 0.29) is 34.1 Å². The first kappa shape index (κ1) is 31.5. The van der Waals surface area contributed by atoms with Gasteiger partial charge in [0.25, 0.3) is 5.56 Å². The summed E-state index contributed by atoms with van der Waals surface area (Å²) in [6.07, 6.45) is -6.03. The molecule has 7 rings (SSSR count). The molecule has 3 fully saturated rings. The van der Waals surface area contributed by atoms with E-state index in [4.69, 9.17) is 39.2 Å². The van der Waals surface area contributed by atoms with E-state index >= 15 is 4.39 Å². The minimum atomic E-state index is -4.81. The Kier molecular flexibility index (Phi) is 7.92. The van der Waals surface area contributed by atoms with Gasteiger partial charge < -0.3 is 30.6 Å². The molecule has 0 aliphatic carbocycles. The van der Waals surface area contributed by atoms with Crippen LogP contribution in [0.25, 0.3) is 22.3 Å². The van der Waals surface area contributed by atoms with Gasteiger partial charge in [-0.1, -0.05) is 12.2 Å². The fourth-order valence-corrected chi connectivity index (χ4v) is 8.20. The van der Waals surface area contributed by atoms with E-state index in [0.717, 1.165) is 6.33 Å². The molecule has 3 aliphatic rings. The number of aromatic nitrogens is 8. The number of rotatable bonds is 3. The van der Waals surface area contributed by atoms with Gasteiger partial charge in [0.1, 0.15) is 36.3 Å². The number of thiol groups is 1. The van der Waals surface area contributed by atoms with E-state index in [2.05, 4.69) is 47.2 Å². The molecule has 0 aromatic carbocycles. The summed E-state index contributed by atoms with van der Waals surface area (Å²) in [5.74, 6) is -0.174. The van der Waals surface area contributed by atoms with Crippen LogP contribution in [0.5, 0.6) is 0 Å². The number of nitrogen functional groups attached to an aromatic ring is 2. The molecule has 7 N–H and O–H groups in total. The number of methoxy groups -OCH3 is 1. The molecular weight excluding hydrogens is 679 g/mol. The van der Waals surface area contributed by atoms with E-state index in [1.165, 1.54) is 28.9 Å². The van der Waals surface area contributed by atoms with Crippen LogP contribution in [-0.2, 0) is 36.9 Å². The normalized spacial score (nSPS) is 37.1. The highest BCUT2D eigenvalue weighted by atomic mass is 32.7. The van der Waals surface area contributed by atoms with Crippen molar-refractivity contribution in [1.82, 2.24) is 44.1 Å². The van der Waals surface area contributed by atoms with Crippen LogP contribution in [0.2, 0.25) is 0 Å². The van der Waals surface area contributed by atoms with Gasteiger partial charge in [-0.05, 0) is 0 Å². The van der Waals surface area contributed by atoms with Crippen LogP contribution in [0, 0.1) is 0 Å². The van der Waals surface area contributed by atoms with Crippen LogP contribution in [0.1, 0.15) is 12.5 Å². The Bertz CT molecular complexity index is 1960. The van der Waals surface area contributed by atoms with Gasteiger partial charge in [0.15, 0.2) is 41.3 Å². The molecule has 0 saturated carbocycles. The molecule has 248 valence electrons. The number of hydrogen-bond donors (Lipinski definition) is 6. The summed E-state index contributed by atoms with van der Waals surface area (Å²) in [4.78, 5) is 45.7. The molecule has 10 atom stereocenters. The van der Waals surface area contributed by atoms with Crippen LogP contribution < -0.4 is 22.1 Å². The van der Waals surface area contributed by atoms with Crippen molar-refractivity contribution in [2.75, 3.05) is 31.8 Å². The molecule has 7 heterocycles. The number of nitrogens with one attached hydrogen (secondary N) is 2. The zero-order chi connectivity index (χ0) is 32.5. The monoisotopic (exact) mass is 705 g/mol. The summed E-state index contributed by atoms with van der Waals surface area (Å²) < 4.78 is 79.7. The number of imidazole rings is 2. The number of ether oxygens (including phenoxy) is 3. The maximum atomic E-state index is 16.1. The quantitative estimate of drug-likeness (QED) is 0.119. The molecule has 4 aromatic heterocycles. The summed E-state index contributed by atoms with van der Waals surface area (Å²) in [6, 6.07) is -1.54. The minimum absolute atomic E-state index is 0.0110. The van der Waals surface area contributed by atoms with Gasteiger partial charge in [-0.25, -0.2) is 38.5 Å². The molecule has 3 saturated heterocycles. The molecule has 0 spiro atoms. The molecule has 21 nitrogen and oxygen atoms in total. The third-order valence-electron chi connectivity index (χ3n) is 7.66. The number of anilines is 2. The van der Waals surface area contributed by atoms with Gasteiger partial charge in [-0.2, -0.15) is 4.98 Å². The number of halogens is 1. The molecule has 9 unspecified atom stereocenters. The summed E-state index contributed by atoms with van der Waals surface area (Å²) in [6.45, 7) is -5.60. The van der Waals surface area contributed by atoms with Crippen LogP contribution in [0.4, 0.5) is 16.2 Å². The second kappa shape index (κ2) is 11.6. The van der Waals surface area contributed by atoms with Gasteiger partial charge in [0.05, 0.1) is 31.9 Å². The van der Waals surface area contributed by atoms with E-state index in [9.17, 15) is 18.8 Å². The van der Waals surface area contributed by atoms with E-state index in [0.29, 0.717) is 0 Å². The number of hydrogen-bond acceptors (Lipinski definition) is 16. The van der Waals surface area contributed by atoms with Crippen molar-refractivity contribution in [2.45, 2.75) is 49.1 Å². The summed E-state index contributed by atoms with van der Waals surface area (Å²) in [7, 11) is -3.52. The van der Waals surface area contributed by atoms with Crippen LogP contribution in [0.15, 0.2) is 23.8 Å². The zero-order valence-electron chi connectivity index (χ0n) is 23.4. The Morgan fingerprint density at radius 1 is 1.04 bits per heavy atom. The largest absolute Gasteiger partial charge is 0.403 e. The molecular formula is C21H26FN11O10P2S. The Hall–Kier alpha value is -3.08. The average Bonchev–Trinajstić information content (AvgIpc) is 3.75. The number of nitrogens with two attached hydrogens (primary N) is 2. The van der Waals surface area contributed by atoms with Crippen molar-refractivity contribution in [2.24, 2.45) is 0 Å². The summed E-state index contributed by atoms with van der Waals surface area (Å²) >= 11 is 4.12. The van der Waals surface area contributed by atoms with E-state index in [1.807, 2.05) is 0 Å². The van der Waals surface area contributed by atoms with Crippen molar-refractivity contribution < 1.29 is 46.2 Å². The SMILES string of the molecule is COC1C2COP(=O)(O)NC3C(CO[P@@](=O)(S)OC1C(n1cnc4c(=O)[nH]c(N)nc41)O2)OC(n1cnc2c(N)ncnc21)C3F. The highest BCUT2D eigenvalue weighted by Crippen LogP contribution is 2.58. The topological polar surface area (TPSA) is 281 Å². The molecule has 0 amide bonds. The molecule has 2 bridgehead atoms. The van der Waals surface area contributed by atoms with Crippen molar-refractivity contribution in [3.8, 4) is 0 Å². The van der Waals surface area contributed by atoms with Crippen LogP contribution in [0.3, 0.4) is 0 Å². The first-order valence-electron chi connectivity index (χ1n) is 13.4. The predicted octanol–water partition coefficient (Wildman–Crippen LogP) is -0.200. The lowest BCUT2D eigenvalue weighted by molar-refractivity contribution is -0.0522. The third kappa shape index (κ3) is 5.50. The number of fused-ring (bicyclic) bond motifs is 5.